The molecule has 1 rings (SSSR count). The van der Waals surface area contributed by atoms with Crippen molar-refractivity contribution in [2.24, 2.45) is 0 Å². The highest BCUT2D eigenvalue weighted by atomic mass is 79.9. The van der Waals surface area contributed by atoms with Gasteiger partial charge < -0.3 is 4.74 Å². The summed E-state index contributed by atoms with van der Waals surface area (Å²) in [4.78, 5) is 11.0. The van der Waals surface area contributed by atoms with Crippen molar-refractivity contribution in [1.29, 1.82) is 0 Å². The van der Waals surface area contributed by atoms with E-state index in [-0.39, 0.29) is 17.0 Å². The summed E-state index contributed by atoms with van der Waals surface area (Å²) >= 11 is 8.81. The molecule has 0 aliphatic heterocycles. The Morgan fingerprint density at radius 3 is 2.88 bits per heavy atom. The summed E-state index contributed by atoms with van der Waals surface area (Å²) in [5, 5.41) is 0.283. The molecule has 1 aromatic carbocycles. The lowest BCUT2D eigenvalue weighted by atomic mass is 10.2. The number of halogens is 3. The van der Waals surface area contributed by atoms with Crippen molar-refractivity contribution in [3.63, 3.8) is 0 Å². The first-order valence-corrected chi connectivity index (χ1v) is 6.00. The first kappa shape index (κ1) is 14.0. The molecular formula is C12H9BrClFO2. The quantitative estimate of drug-likeness (QED) is 0.615. The van der Waals surface area contributed by atoms with E-state index >= 15 is 0 Å². The molecular weight excluding hydrogens is 310 g/mol. The van der Waals surface area contributed by atoms with E-state index in [1.807, 2.05) is 0 Å². The molecule has 0 radical (unpaired) electrons. The van der Waals surface area contributed by atoms with Crippen molar-refractivity contribution in [3.05, 3.63) is 33.0 Å². The van der Waals surface area contributed by atoms with Crippen molar-refractivity contribution < 1.29 is 13.9 Å². The van der Waals surface area contributed by atoms with Crippen molar-refractivity contribution in [2.75, 3.05) is 6.61 Å². The van der Waals surface area contributed by atoms with Gasteiger partial charge in [0.05, 0.1) is 12.2 Å². The lowest BCUT2D eigenvalue weighted by molar-refractivity contribution is -0.141. The van der Waals surface area contributed by atoms with Crippen LogP contribution in [0.4, 0.5) is 4.39 Å². The number of esters is 1. The smallest absolute Gasteiger partial charge is 0.317 e. The van der Waals surface area contributed by atoms with Crippen LogP contribution in [0, 0.1) is 17.7 Å². The van der Waals surface area contributed by atoms with E-state index in [9.17, 15) is 9.18 Å². The van der Waals surface area contributed by atoms with E-state index in [1.54, 1.807) is 13.0 Å². The lowest BCUT2D eigenvalue weighted by Crippen LogP contribution is -2.01. The number of carbonyl (C=O) groups excluding carboxylic acids is 1. The highest BCUT2D eigenvalue weighted by Gasteiger charge is 2.06. The number of carbonyl (C=O) groups is 1. The van der Waals surface area contributed by atoms with Gasteiger partial charge in [0.1, 0.15) is 12.2 Å². The van der Waals surface area contributed by atoms with Crippen LogP contribution in [0.2, 0.25) is 5.02 Å². The zero-order chi connectivity index (χ0) is 12.8. The Hall–Kier alpha value is -1.05. The van der Waals surface area contributed by atoms with Gasteiger partial charge in [-0.3, -0.25) is 4.79 Å². The Bertz CT molecular complexity index is 468. The maximum atomic E-state index is 13.5. The zero-order valence-corrected chi connectivity index (χ0v) is 11.4. The maximum absolute atomic E-state index is 13.5. The summed E-state index contributed by atoms with van der Waals surface area (Å²) in [7, 11) is 0. The molecule has 0 unspecified atom stereocenters. The topological polar surface area (TPSA) is 26.3 Å². The second-order valence-electron chi connectivity index (χ2n) is 3.03. The lowest BCUT2D eigenvalue weighted by Gasteiger charge is -1.99. The molecule has 0 aromatic heterocycles. The molecule has 1 aromatic rings. The molecule has 0 bridgehead atoms. The van der Waals surface area contributed by atoms with Gasteiger partial charge >= 0.3 is 5.97 Å². The SMILES string of the molecule is CCOC(=O)CC#Cc1c(F)cc(Cl)cc1Br. The second kappa shape index (κ2) is 6.63. The van der Waals surface area contributed by atoms with E-state index in [1.165, 1.54) is 6.07 Å². The van der Waals surface area contributed by atoms with Crippen LogP contribution in [-0.4, -0.2) is 12.6 Å². The minimum atomic E-state index is -0.527. The molecule has 0 aliphatic carbocycles. The van der Waals surface area contributed by atoms with Crippen LogP contribution in [0.1, 0.15) is 18.9 Å². The van der Waals surface area contributed by atoms with E-state index in [0.717, 1.165) is 0 Å². The fourth-order valence-electron chi connectivity index (χ4n) is 1.08. The van der Waals surface area contributed by atoms with Gasteiger partial charge in [0.15, 0.2) is 0 Å². The minimum Gasteiger partial charge on any atom is -0.465 e. The van der Waals surface area contributed by atoms with Crippen molar-refractivity contribution in [1.82, 2.24) is 0 Å². The van der Waals surface area contributed by atoms with Crippen LogP contribution < -0.4 is 0 Å². The summed E-state index contributed by atoms with van der Waals surface area (Å²) in [5.74, 6) is 4.16. The van der Waals surface area contributed by atoms with Crippen LogP contribution >= 0.6 is 27.5 Å². The third kappa shape index (κ3) is 4.37. The molecule has 0 aliphatic rings. The van der Waals surface area contributed by atoms with Gasteiger partial charge in [0, 0.05) is 9.50 Å². The van der Waals surface area contributed by atoms with Gasteiger partial charge in [-0.1, -0.05) is 23.4 Å². The molecule has 0 saturated heterocycles. The molecule has 0 fully saturated rings. The monoisotopic (exact) mass is 318 g/mol. The Kier molecular flexibility index (Phi) is 5.46. The average molecular weight is 320 g/mol. The van der Waals surface area contributed by atoms with Gasteiger partial charge in [0.2, 0.25) is 0 Å². The van der Waals surface area contributed by atoms with E-state index in [2.05, 4.69) is 27.8 Å². The number of rotatable bonds is 2. The zero-order valence-electron chi connectivity index (χ0n) is 9.02. The van der Waals surface area contributed by atoms with Crippen molar-refractivity contribution >= 4 is 33.5 Å². The second-order valence-corrected chi connectivity index (χ2v) is 4.32. The summed E-state index contributed by atoms with van der Waals surface area (Å²) < 4.78 is 18.6. The fraction of sp³-hybridized carbons (Fsp3) is 0.250. The molecule has 0 N–H and O–H groups in total. The minimum absolute atomic E-state index is 0.0671. The van der Waals surface area contributed by atoms with Crippen LogP contribution in [0.5, 0.6) is 0 Å². The van der Waals surface area contributed by atoms with E-state index < -0.39 is 11.8 Å². The third-order valence-electron chi connectivity index (χ3n) is 1.76. The van der Waals surface area contributed by atoms with Crippen LogP contribution in [0.3, 0.4) is 0 Å². The number of ether oxygens (including phenoxy) is 1. The predicted molar refractivity (Wildman–Crippen MR) is 67.2 cm³/mol. The van der Waals surface area contributed by atoms with E-state index in [0.29, 0.717) is 11.1 Å². The van der Waals surface area contributed by atoms with Crippen molar-refractivity contribution in [3.8, 4) is 11.8 Å². The number of hydrogen-bond acceptors (Lipinski definition) is 2. The van der Waals surface area contributed by atoms with E-state index in [4.69, 9.17) is 16.3 Å². The maximum Gasteiger partial charge on any atom is 0.317 e. The van der Waals surface area contributed by atoms with Gasteiger partial charge in [-0.25, -0.2) is 4.39 Å². The van der Waals surface area contributed by atoms with Gasteiger partial charge in [-0.2, -0.15) is 0 Å². The van der Waals surface area contributed by atoms with Gasteiger partial charge in [-0.05, 0) is 35.0 Å². The van der Waals surface area contributed by atoms with Gasteiger partial charge in [0.25, 0.3) is 0 Å². The molecule has 0 atom stereocenters. The number of hydrogen-bond donors (Lipinski definition) is 0. The first-order chi connectivity index (χ1) is 8.04. The van der Waals surface area contributed by atoms with Gasteiger partial charge in [-0.15, -0.1) is 0 Å². The van der Waals surface area contributed by atoms with Crippen LogP contribution in [0.25, 0.3) is 0 Å². The summed E-state index contributed by atoms with van der Waals surface area (Å²) in [6, 6.07) is 2.71. The molecule has 17 heavy (non-hydrogen) atoms. The summed E-state index contributed by atoms with van der Waals surface area (Å²) in [5.41, 5.74) is 0.179. The Morgan fingerprint density at radius 1 is 1.59 bits per heavy atom. The molecule has 90 valence electrons. The molecule has 0 saturated carbocycles. The Morgan fingerprint density at radius 2 is 2.29 bits per heavy atom. The standard InChI is InChI=1S/C12H9BrClFO2/c1-2-17-12(16)5-3-4-9-10(13)6-8(14)7-11(9)15/h6-7H,2,5H2,1H3. The highest BCUT2D eigenvalue weighted by Crippen LogP contribution is 2.23. The molecule has 5 heteroatoms. The molecule has 0 spiro atoms. The third-order valence-corrected chi connectivity index (χ3v) is 2.60. The summed E-state index contributed by atoms with van der Waals surface area (Å²) in [6.07, 6.45) is -0.0671. The fourth-order valence-corrected chi connectivity index (χ4v) is 1.95. The normalized spacial score (nSPS) is 9.41. The average Bonchev–Trinajstić information content (AvgIpc) is 2.22. The first-order valence-electron chi connectivity index (χ1n) is 4.83. The number of benzene rings is 1. The largest absolute Gasteiger partial charge is 0.465 e. The van der Waals surface area contributed by atoms with Crippen LogP contribution in [-0.2, 0) is 9.53 Å². The predicted octanol–water partition coefficient (Wildman–Crippen LogP) is 3.55. The molecule has 0 amide bonds. The Labute approximate surface area is 112 Å². The molecule has 0 heterocycles. The van der Waals surface area contributed by atoms with Crippen molar-refractivity contribution in [2.45, 2.75) is 13.3 Å². The summed E-state index contributed by atoms with van der Waals surface area (Å²) in [6.45, 7) is 2.01. The highest BCUT2D eigenvalue weighted by molar-refractivity contribution is 9.10. The van der Waals surface area contributed by atoms with Crippen LogP contribution in [0.15, 0.2) is 16.6 Å². The molecule has 2 nitrogen and oxygen atoms in total. The Balaban J connectivity index is 2.82.